The number of phosphoric acid groups is 1. The van der Waals surface area contributed by atoms with Gasteiger partial charge >= 0.3 is 13.8 Å². The molecule has 1 rings (SSSR count). The summed E-state index contributed by atoms with van der Waals surface area (Å²) in [4.78, 5) is 66.8. The molecular formula is C17H27N2O10PS. The number of amides is 2. The van der Waals surface area contributed by atoms with Crippen LogP contribution in [0.2, 0.25) is 0 Å². The van der Waals surface area contributed by atoms with Crippen LogP contribution in [0, 0.1) is 5.41 Å². The molecule has 1 unspecified atom stereocenters. The molecule has 0 saturated carbocycles. The molecule has 0 bridgehead atoms. The normalized spacial score (nSPS) is 22.4. The van der Waals surface area contributed by atoms with E-state index in [1.807, 2.05) is 0 Å². The zero-order valence-electron chi connectivity index (χ0n) is 17.3. The predicted octanol–water partition coefficient (Wildman–Crippen LogP) is 0.235. The Kier molecular flexibility index (Phi) is 10.8. The van der Waals surface area contributed by atoms with Gasteiger partial charge in [0.05, 0.1) is 19.4 Å². The van der Waals surface area contributed by atoms with Gasteiger partial charge < -0.3 is 20.6 Å². The number of aliphatic carboxylic acids is 1. The van der Waals surface area contributed by atoms with Crippen LogP contribution in [-0.2, 0) is 37.6 Å². The maximum absolute atomic E-state index is 12.2. The van der Waals surface area contributed by atoms with Gasteiger partial charge in [-0.05, 0) is 0 Å². The van der Waals surface area contributed by atoms with E-state index in [9.17, 15) is 33.4 Å². The quantitative estimate of drug-likeness (QED) is 0.170. The van der Waals surface area contributed by atoms with Crippen LogP contribution < -0.4 is 10.6 Å². The lowest BCUT2D eigenvalue weighted by molar-refractivity contribution is -0.141. The molecule has 0 aromatic heterocycles. The molecule has 1 aliphatic heterocycles. The van der Waals surface area contributed by atoms with Crippen molar-refractivity contribution in [3.63, 3.8) is 0 Å². The summed E-state index contributed by atoms with van der Waals surface area (Å²) in [6.07, 6.45) is -2.14. The van der Waals surface area contributed by atoms with Gasteiger partial charge in [0.1, 0.15) is 5.78 Å². The highest BCUT2D eigenvalue weighted by Crippen LogP contribution is 2.52. The number of carbonyl (C=O) groups is 5. The van der Waals surface area contributed by atoms with Crippen LogP contribution in [0.15, 0.2) is 0 Å². The third kappa shape index (κ3) is 10.9. The fourth-order valence-corrected chi connectivity index (χ4v) is 4.31. The van der Waals surface area contributed by atoms with Gasteiger partial charge in [-0.1, -0.05) is 25.6 Å². The summed E-state index contributed by atoms with van der Waals surface area (Å²) < 4.78 is 21.1. The van der Waals surface area contributed by atoms with Crippen LogP contribution in [-0.4, -0.2) is 70.2 Å². The number of nitrogens with one attached hydrogen (secondary N) is 2. The largest absolute Gasteiger partial charge is 0.481 e. The van der Waals surface area contributed by atoms with Crippen molar-refractivity contribution in [1.29, 1.82) is 0 Å². The number of thioether (sulfide) groups is 1. The highest BCUT2D eigenvalue weighted by molar-refractivity contribution is 8.13. The molecule has 0 radical (unpaired) electrons. The van der Waals surface area contributed by atoms with Gasteiger partial charge in [-0.25, -0.2) is 4.57 Å². The SMILES string of the molecule is CC1(C)COP(=O)(O)O[C@H]1C(=O)NCCC(=O)NCCSC(=O)CC(=O)CCC(=O)O. The number of phosphoric ester groups is 1. The van der Waals surface area contributed by atoms with E-state index in [1.54, 1.807) is 13.8 Å². The Morgan fingerprint density at radius 3 is 2.42 bits per heavy atom. The van der Waals surface area contributed by atoms with E-state index in [0.29, 0.717) is 0 Å². The summed E-state index contributed by atoms with van der Waals surface area (Å²) in [6, 6.07) is 0. The lowest BCUT2D eigenvalue weighted by atomic mass is 9.87. The second-order valence-electron chi connectivity index (χ2n) is 7.44. The Bertz CT molecular complexity index is 757. The molecule has 176 valence electrons. The third-order valence-electron chi connectivity index (χ3n) is 4.08. The first-order valence-corrected chi connectivity index (χ1v) is 11.9. The molecule has 0 spiro atoms. The fourth-order valence-electron chi connectivity index (χ4n) is 2.42. The number of rotatable bonds is 12. The van der Waals surface area contributed by atoms with Crippen molar-refractivity contribution in [3.05, 3.63) is 0 Å². The molecule has 1 heterocycles. The van der Waals surface area contributed by atoms with E-state index in [2.05, 4.69) is 10.6 Å². The fraction of sp³-hybridized carbons (Fsp3) is 0.706. The zero-order chi connectivity index (χ0) is 23.7. The Balaban J connectivity index is 2.21. The van der Waals surface area contributed by atoms with Crippen molar-refractivity contribution in [3.8, 4) is 0 Å². The van der Waals surface area contributed by atoms with Crippen LogP contribution in [0.25, 0.3) is 0 Å². The van der Waals surface area contributed by atoms with Gasteiger partial charge in [0.2, 0.25) is 11.8 Å². The molecule has 12 nitrogen and oxygen atoms in total. The number of ketones is 1. The van der Waals surface area contributed by atoms with E-state index in [1.165, 1.54) is 0 Å². The van der Waals surface area contributed by atoms with Gasteiger partial charge in [0, 0.05) is 37.1 Å². The van der Waals surface area contributed by atoms with Crippen molar-refractivity contribution in [2.45, 2.75) is 45.6 Å². The lowest BCUT2D eigenvalue weighted by Crippen LogP contribution is -2.49. The second kappa shape index (κ2) is 12.3. The Morgan fingerprint density at radius 2 is 1.77 bits per heavy atom. The van der Waals surface area contributed by atoms with E-state index in [0.717, 1.165) is 11.8 Å². The molecule has 0 aliphatic carbocycles. The standard InChI is InChI=1S/C17H27N2O10PS/c1-17(2)10-28-30(26,27)29-15(17)16(25)19-6-5-12(21)18-7-8-31-14(24)9-11(20)3-4-13(22)23/h15H,3-10H2,1-2H3,(H,18,21)(H,19,25)(H,22,23)(H,26,27)/t15-/m0/s1. The number of hydrogen-bond donors (Lipinski definition) is 4. The average molecular weight is 482 g/mol. The van der Waals surface area contributed by atoms with Crippen molar-refractivity contribution >= 4 is 48.3 Å². The number of carbonyl (C=O) groups excluding carboxylic acids is 4. The number of carboxylic acid groups (broad SMARTS) is 1. The van der Waals surface area contributed by atoms with Crippen LogP contribution >= 0.6 is 19.6 Å². The van der Waals surface area contributed by atoms with Gasteiger partial charge in [0.25, 0.3) is 0 Å². The number of carboxylic acids is 1. The molecule has 2 amide bonds. The minimum Gasteiger partial charge on any atom is -0.481 e. The average Bonchev–Trinajstić information content (AvgIpc) is 2.65. The highest BCUT2D eigenvalue weighted by atomic mass is 32.2. The second-order valence-corrected chi connectivity index (χ2v) is 10.00. The summed E-state index contributed by atoms with van der Waals surface area (Å²) in [5.74, 6) is -2.34. The minimum absolute atomic E-state index is 0.0264. The summed E-state index contributed by atoms with van der Waals surface area (Å²) >= 11 is 0.858. The van der Waals surface area contributed by atoms with Crippen molar-refractivity contribution in [2.24, 2.45) is 5.41 Å². The van der Waals surface area contributed by atoms with Gasteiger partial charge in [0.15, 0.2) is 11.2 Å². The van der Waals surface area contributed by atoms with E-state index in [4.69, 9.17) is 14.2 Å². The summed E-state index contributed by atoms with van der Waals surface area (Å²) in [7, 11) is -4.29. The van der Waals surface area contributed by atoms with E-state index in [-0.39, 0.29) is 57.0 Å². The third-order valence-corrected chi connectivity index (χ3v) is 5.89. The zero-order valence-corrected chi connectivity index (χ0v) is 19.0. The maximum Gasteiger partial charge on any atom is 0.472 e. The molecule has 31 heavy (non-hydrogen) atoms. The van der Waals surface area contributed by atoms with Crippen molar-refractivity contribution < 1.29 is 47.6 Å². The summed E-state index contributed by atoms with van der Waals surface area (Å²) in [5, 5.41) is 13.1. The Morgan fingerprint density at radius 1 is 1.10 bits per heavy atom. The van der Waals surface area contributed by atoms with Crippen LogP contribution in [0.3, 0.4) is 0 Å². The molecule has 1 saturated heterocycles. The summed E-state index contributed by atoms with van der Waals surface area (Å²) in [5.41, 5.74) is -0.832. The van der Waals surface area contributed by atoms with Crippen molar-refractivity contribution in [2.75, 3.05) is 25.4 Å². The van der Waals surface area contributed by atoms with Crippen LogP contribution in [0.4, 0.5) is 0 Å². The first-order valence-electron chi connectivity index (χ1n) is 9.41. The van der Waals surface area contributed by atoms with Crippen LogP contribution in [0.1, 0.15) is 39.5 Å². The maximum atomic E-state index is 12.2. The van der Waals surface area contributed by atoms with Crippen molar-refractivity contribution in [1.82, 2.24) is 10.6 Å². The first kappa shape index (κ1) is 27.2. The Labute approximate surface area is 183 Å². The van der Waals surface area contributed by atoms with Crippen LogP contribution in [0.5, 0.6) is 0 Å². The van der Waals surface area contributed by atoms with E-state index < -0.39 is 42.1 Å². The monoisotopic (exact) mass is 482 g/mol. The topological polar surface area (TPSA) is 185 Å². The number of Topliss-reactive ketones (excluding diaryl/α,β-unsaturated/α-hetero) is 1. The Hall–Kier alpha value is -1.79. The minimum atomic E-state index is -4.29. The molecule has 2 atom stereocenters. The van der Waals surface area contributed by atoms with Gasteiger partial charge in [-0.3, -0.25) is 33.0 Å². The molecule has 0 aromatic carbocycles. The van der Waals surface area contributed by atoms with E-state index >= 15 is 0 Å². The molecule has 1 aliphatic rings. The molecule has 0 aromatic rings. The first-order chi connectivity index (χ1) is 14.3. The molecular weight excluding hydrogens is 455 g/mol. The lowest BCUT2D eigenvalue weighted by Gasteiger charge is -2.38. The smallest absolute Gasteiger partial charge is 0.472 e. The van der Waals surface area contributed by atoms with Gasteiger partial charge in [-0.2, -0.15) is 0 Å². The predicted molar refractivity (Wildman–Crippen MR) is 109 cm³/mol. The van der Waals surface area contributed by atoms with Gasteiger partial charge in [-0.15, -0.1) is 0 Å². The molecule has 4 N–H and O–H groups in total. The number of hydrogen-bond acceptors (Lipinski definition) is 9. The highest BCUT2D eigenvalue weighted by Gasteiger charge is 2.47. The molecule has 1 fully saturated rings. The summed E-state index contributed by atoms with van der Waals surface area (Å²) in [6.45, 7) is 3.28. The molecule has 14 heteroatoms.